The molecule has 2 aromatic rings. The molecule has 0 radical (unpaired) electrons. The largest absolute Gasteiger partial charge is 0.435 e. The van der Waals surface area contributed by atoms with E-state index in [1.54, 1.807) is 13.3 Å². The van der Waals surface area contributed by atoms with Crippen molar-refractivity contribution in [1.82, 2.24) is 20.1 Å². The number of alkyl halides is 2. The maximum Gasteiger partial charge on any atom is 0.387 e. The number of aromatic nitrogens is 3. The molecule has 1 heterocycles. The number of aryl methyl sites for hydroxylation is 1. The van der Waals surface area contributed by atoms with Crippen LogP contribution in [0.15, 0.2) is 30.6 Å². The lowest BCUT2D eigenvalue weighted by atomic mass is 10.2. The fourth-order valence-electron chi connectivity index (χ4n) is 2.17. The van der Waals surface area contributed by atoms with E-state index in [0.29, 0.717) is 5.82 Å². The summed E-state index contributed by atoms with van der Waals surface area (Å²) >= 11 is 0. The average molecular weight is 324 g/mol. The molecule has 2 rings (SSSR count). The van der Waals surface area contributed by atoms with Crippen LogP contribution in [0.1, 0.15) is 42.5 Å². The van der Waals surface area contributed by atoms with Crippen LogP contribution in [-0.4, -0.2) is 27.3 Å². The Labute approximate surface area is 132 Å². The van der Waals surface area contributed by atoms with Crippen LogP contribution in [0.25, 0.3) is 0 Å². The summed E-state index contributed by atoms with van der Waals surface area (Å²) < 4.78 is 30.6. The van der Waals surface area contributed by atoms with Crippen molar-refractivity contribution in [3.8, 4) is 5.75 Å². The van der Waals surface area contributed by atoms with Gasteiger partial charge in [0.25, 0.3) is 5.91 Å². The second kappa shape index (κ2) is 7.66. The summed E-state index contributed by atoms with van der Waals surface area (Å²) in [6.07, 6.45) is 2.53. The third kappa shape index (κ3) is 4.48. The second-order valence-electron chi connectivity index (χ2n) is 4.98. The van der Waals surface area contributed by atoms with Crippen molar-refractivity contribution in [3.63, 3.8) is 0 Å². The fraction of sp³-hybridized carbons (Fsp3) is 0.400. The molecule has 0 aliphatic rings. The number of benzene rings is 1. The molecular weight excluding hydrogens is 306 g/mol. The highest BCUT2D eigenvalue weighted by molar-refractivity contribution is 5.94. The van der Waals surface area contributed by atoms with Gasteiger partial charge in [0, 0.05) is 12.1 Å². The minimum Gasteiger partial charge on any atom is -0.435 e. The zero-order valence-electron chi connectivity index (χ0n) is 12.9. The van der Waals surface area contributed by atoms with E-state index in [1.165, 1.54) is 24.3 Å². The van der Waals surface area contributed by atoms with Crippen molar-refractivity contribution in [2.24, 2.45) is 0 Å². The van der Waals surface area contributed by atoms with E-state index in [1.807, 2.05) is 11.5 Å². The highest BCUT2D eigenvalue weighted by Crippen LogP contribution is 2.17. The van der Waals surface area contributed by atoms with Gasteiger partial charge in [-0.25, -0.2) is 0 Å². The Morgan fingerprint density at radius 3 is 2.91 bits per heavy atom. The highest BCUT2D eigenvalue weighted by Gasteiger charge is 2.17. The van der Waals surface area contributed by atoms with Crippen molar-refractivity contribution in [2.45, 2.75) is 39.5 Å². The van der Waals surface area contributed by atoms with Gasteiger partial charge in [-0.2, -0.15) is 8.78 Å². The highest BCUT2D eigenvalue weighted by atomic mass is 19.3. The molecule has 0 saturated heterocycles. The van der Waals surface area contributed by atoms with E-state index in [2.05, 4.69) is 20.3 Å². The van der Waals surface area contributed by atoms with E-state index < -0.39 is 12.5 Å². The molecular formula is C15H18F2N4O2. The molecule has 8 heteroatoms. The van der Waals surface area contributed by atoms with Crippen LogP contribution < -0.4 is 10.1 Å². The molecule has 0 aliphatic heterocycles. The zero-order chi connectivity index (χ0) is 16.8. The number of nitrogens with one attached hydrogen (secondary N) is 1. The topological polar surface area (TPSA) is 69.0 Å². The number of amides is 1. The van der Waals surface area contributed by atoms with Crippen LogP contribution >= 0.6 is 0 Å². The third-order valence-corrected chi connectivity index (χ3v) is 3.17. The van der Waals surface area contributed by atoms with Gasteiger partial charge in [0.2, 0.25) is 0 Å². The molecule has 0 saturated carbocycles. The number of rotatable bonds is 7. The summed E-state index contributed by atoms with van der Waals surface area (Å²) in [5.41, 5.74) is 0.233. The number of hydrogen-bond acceptors (Lipinski definition) is 4. The Bertz CT molecular complexity index is 660. The van der Waals surface area contributed by atoms with Gasteiger partial charge >= 0.3 is 6.61 Å². The van der Waals surface area contributed by atoms with Gasteiger partial charge in [0.05, 0.1) is 6.04 Å². The second-order valence-corrected chi connectivity index (χ2v) is 4.98. The summed E-state index contributed by atoms with van der Waals surface area (Å²) in [6, 6.07) is 5.28. The Hall–Kier alpha value is -2.51. The predicted molar refractivity (Wildman–Crippen MR) is 79.3 cm³/mol. The summed E-state index contributed by atoms with van der Waals surface area (Å²) in [7, 11) is 0. The van der Waals surface area contributed by atoms with Gasteiger partial charge in [-0.15, -0.1) is 10.2 Å². The number of ether oxygens (including phenoxy) is 1. The molecule has 0 aliphatic carbocycles. The number of hydrogen-bond donors (Lipinski definition) is 1. The minimum absolute atomic E-state index is 0.0607. The monoisotopic (exact) mass is 324 g/mol. The van der Waals surface area contributed by atoms with Gasteiger partial charge in [-0.3, -0.25) is 4.79 Å². The molecule has 1 amide bonds. The van der Waals surface area contributed by atoms with Crippen LogP contribution in [0.2, 0.25) is 0 Å². The van der Waals surface area contributed by atoms with E-state index in [-0.39, 0.29) is 17.4 Å². The molecule has 0 bridgehead atoms. The predicted octanol–water partition coefficient (Wildman–Crippen LogP) is 2.78. The molecule has 23 heavy (non-hydrogen) atoms. The van der Waals surface area contributed by atoms with Crippen molar-refractivity contribution in [2.75, 3.05) is 0 Å². The number of carbonyl (C=O) groups excluding carboxylic acids is 1. The minimum atomic E-state index is -2.93. The first-order valence-electron chi connectivity index (χ1n) is 7.24. The standard InChI is InChI=1S/C15H18F2N4O2/c1-3-7-21-9-18-20-13(21)10(2)19-14(22)11-5-4-6-12(8-11)23-15(16)17/h4-6,8-10,15H,3,7H2,1-2H3,(H,19,22). The smallest absolute Gasteiger partial charge is 0.387 e. The summed E-state index contributed by atoms with van der Waals surface area (Å²) in [5, 5.41) is 10.6. The van der Waals surface area contributed by atoms with E-state index in [9.17, 15) is 13.6 Å². The van der Waals surface area contributed by atoms with Crippen molar-refractivity contribution in [1.29, 1.82) is 0 Å². The van der Waals surface area contributed by atoms with E-state index in [4.69, 9.17) is 0 Å². The van der Waals surface area contributed by atoms with Crippen LogP contribution in [0.5, 0.6) is 5.75 Å². The van der Waals surface area contributed by atoms with Gasteiger partial charge in [0.15, 0.2) is 5.82 Å². The number of halogens is 2. The SMILES string of the molecule is CCCn1cnnc1C(C)NC(=O)c1cccc(OC(F)F)c1. The lowest BCUT2D eigenvalue weighted by Gasteiger charge is -2.15. The fourth-order valence-corrected chi connectivity index (χ4v) is 2.17. The summed E-state index contributed by atoms with van der Waals surface area (Å²) in [4.78, 5) is 12.2. The third-order valence-electron chi connectivity index (χ3n) is 3.17. The van der Waals surface area contributed by atoms with Gasteiger partial charge < -0.3 is 14.6 Å². The molecule has 0 spiro atoms. The first-order valence-corrected chi connectivity index (χ1v) is 7.24. The molecule has 1 atom stereocenters. The number of carbonyl (C=O) groups is 1. The Kier molecular flexibility index (Phi) is 5.61. The van der Waals surface area contributed by atoms with Gasteiger partial charge in [-0.05, 0) is 31.5 Å². The van der Waals surface area contributed by atoms with Crippen molar-refractivity contribution >= 4 is 5.91 Å². The van der Waals surface area contributed by atoms with Gasteiger partial charge in [0.1, 0.15) is 12.1 Å². The van der Waals surface area contributed by atoms with Crippen molar-refractivity contribution in [3.05, 3.63) is 42.0 Å². The van der Waals surface area contributed by atoms with Crippen LogP contribution in [0.3, 0.4) is 0 Å². The lowest BCUT2D eigenvalue weighted by Crippen LogP contribution is -2.28. The van der Waals surface area contributed by atoms with E-state index in [0.717, 1.165) is 13.0 Å². The molecule has 1 aromatic carbocycles. The average Bonchev–Trinajstić information content (AvgIpc) is 2.95. The summed E-state index contributed by atoms with van der Waals surface area (Å²) in [6.45, 7) is 1.63. The van der Waals surface area contributed by atoms with Crippen LogP contribution in [0, 0.1) is 0 Å². The first kappa shape index (κ1) is 16.9. The molecule has 1 aromatic heterocycles. The molecule has 0 fully saturated rings. The molecule has 1 N–H and O–H groups in total. The van der Waals surface area contributed by atoms with Gasteiger partial charge in [-0.1, -0.05) is 13.0 Å². The molecule has 6 nitrogen and oxygen atoms in total. The Balaban J connectivity index is 2.07. The molecule has 1 unspecified atom stereocenters. The van der Waals surface area contributed by atoms with Crippen molar-refractivity contribution < 1.29 is 18.3 Å². The maximum atomic E-state index is 12.2. The lowest BCUT2D eigenvalue weighted by molar-refractivity contribution is -0.0498. The normalized spacial score (nSPS) is 12.2. The zero-order valence-corrected chi connectivity index (χ0v) is 12.9. The first-order chi connectivity index (χ1) is 11.0. The quantitative estimate of drug-likeness (QED) is 0.850. The van der Waals surface area contributed by atoms with E-state index >= 15 is 0 Å². The summed E-state index contributed by atoms with van der Waals surface area (Å²) in [5.74, 6) is 0.179. The Morgan fingerprint density at radius 1 is 1.43 bits per heavy atom. The Morgan fingerprint density at radius 2 is 2.22 bits per heavy atom. The number of nitrogens with zero attached hydrogens (tertiary/aromatic N) is 3. The van der Waals surface area contributed by atoms with Crippen LogP contribution in [0.4, 0.5) is 8.78 Å². The maximum absolute atomic E-state index is 12.2. The van der Waals surface area contributed by atoms with Crippen LogP contribution in [-0.2, 0) is 6.54 Å². The molecule has 124 valence electrons.